The fourth-order valence-corrected chi connectivity index (χ4v) is 4.59. The standard InChI is InChI=1S/C17H16BrNO3S/c1-12-6-8-13(9-7-12)23(21,22)19-11-10-15(18)17(20)14-4-2-3-5-16(14)19/h2-9,15H,10-11H2,1H3/t15-/m1/s1. The number of halogens is 1. The van der Waals surface area contributed by atoms with E-state index in [9.17, 15) is 13.2 Å². The number of aryl methyl sites for hydroxylation is 1. The lowest BCUT2D eigenvalue weighted by atomic mass is 10.1. The fraction of sp³-hybridized carbons (Fsp3) is 0.235. The quantitative estimate of drug-likeness (QED) is 0.733. The number of alkyl halides is 1. The number of anilines is 1. The second-order valence-electron chi connectivity index (χ2n) is 5.53. The van der Waals surface area contributed by atoms with Crippen molar-refractivity contribution in [2.45, 2.75) is 23.1 Å². The van der Waals surface area contributed by atoms with E-state index in [1.54, 1.807) is 48.5 Å². The average molecular weight is 394 g/mol. The molecule has 3 rings (SSSR count). The lowest BCUT2D eigenvalue weighted by Crippen LogP contribution is -2.32. The molecule has 1 aliphatic heterocycles. The van der Waals surface area contributed by atoms with E-state index in [4.69, 9.17) is 0 Å². The van der Waals surface area contributed by atoms with E-state index in [0.29, 0.717) is 17.7 Å². The number of para-hydroxylation sites is 1. The summed E-state index contributed by atoms with van der Waals surface area (Å²) in [6.07, 6.45) is 0.429. The molecule has 1 atom stereocenters. The van der Waals surface area contributed by atoms with Crippen LogP contribution in [0.25, 0.3) is 0 Å². The summed E-state index contributed by atoms with van der Waals surface area (Å²) < 4.78 is 27.4. The molecule has 0 amide bonds. The van der Waals surface area contributed by atoms with Crippen LogP contribution in [-0.4, -0.2) is 25.6 Å². The van der Waals surface area contributed by atoms with Crippen LogP contribution in [0.1, 0.15) is 22.3 Å². The minimum Gasteiger partial charge on any atom is -0.293 e. The van der Waals surface area contributed by atoms with E-state index in [1.165, 1.54) is 4.31 Å². The molecule has 0 saturated carbocycles. The van der Waals surface area contributed by atoms with E-state index >= 15 is 0 Å². The highest BCUT2D eigenvalue weighted by Gasteiger charge is 2.33. The van der Waals surface area contributed by atoms with Crippen LogP contribution in [0.3, 0.4) is 0 Å². The molecule has 4 nitrogen and oxygen atoms in total. The van der Waals surface area contributed by atoms with Crippen molar-refractivity contribution in [3.63, 3.8) is 0 Å². The molecule has 0 spiro atoms. The monoisotopic (exact) mass is 393 g/mol. The minimum atomic E-state index is -3.70. The van der Waals surface area contributed by atoms with Crippen molar-refractivity contribution >= 4 is 37.4 Å². The van der Waals surface area contributed by atoms with Crippen molar-refractivity contribution in [1.29, 1.82) is 0 Å². The van der Waals surface area contributed by atoms with Gasteiger partial charge in [0.25, 0.3) is 10.0 Å². The Morgan fingerprint density at radius 2 is 1.74 bits per heavy atom. The van der Waals surface area contributed by atoms with Crippen molar-refractivity contribution in [1.82, 2.24) is 0 Å². The number of sulfonamides is 1. The van der Waals surface area contributed by atoms with Crippen molar-refractivity contribution in [3.8, 4) is 0 Å². The maximum absolute atomic E-state index is 13.0. The maximum Gasteiger partial charge on any atom is 0.264 e. The zero-order chi connectivity index (χ0) is 16.6. The number of hydrogen-bond donors (Lipinski definition) is 0. The van der Waals surface area contributed by atoms with E-state index in [0.717, 1.165) is 5.56 Å². The van der Waals surface area contributed by atoms with Crippen LogP contribution >= 0.6 is 15.9 Å². The van der Waals surface area contributed by atoms with Crippen molar-refractivity contribution in [2.75, 3.05) is 10.8 Å². The Labute approximate surface area is 144 Å². The second kappa shape index (κ2) is 6.09. The highest BCUT2D eigenvalue weighted by atomic mass is 79.9. The predicted molar refractivity (Wildman–Crippen MR) is 93.8 cm³/mol. The van der Waals surface area contributed by atoms with Crippen molar-refractivity contribution in [2.24, 2.45) is 0 Å². The number of benzene rings is 2. The van der Waals surface area contributed by atoms with Gasteiger partial charge in [-0.25, -0.2) is 8.42 Å². The molecule has 0 bridgehead atoms. The van der Waals surface area contributed by atoms with Crippen molar-refractivity contribution < 1.29 is 13.2 Å². The van der Waals surface area contributed by atoms with Gasteiger partial charge >= 0.3 is 0 Å². The molecular formula is C17H16BrNO3S. The topological polar surface area (TPSA) is 54.5 Å². The lowest BCUT2D eigenvalue weighted by Gasteiger charge is -2.24. The van der Waals surface area contributed by atoms with Gasteiger partial charge in [0.1, 0.15) is 0 Å². The van der Waals surface area contributed by atoms with E-state index in [2.05, 4.69) is 15.9 Å². The fourth-order valence-electron chi connectivity index (χ4n) is 2.64. The molecule has 0 aromatic heterocycles. The summed E-state index contributed by atoms with van der Waals surface area (Å²) in [5.74, 6) is -0.0813. The third-order valence-electron chi connectivity index (χ3n) is 3.92. The van der Waals surface area contributed by atoms with Crippen molar-refractivity contribution in [3.05, 3.63) is 59.7 Å². The van der Waals surface area contributed by atoms with Crippen LogP contribution < -0.4 is 4.31 Å². The number of carbonyl (C=O) groups excluding carboxylic acids is 1. The first-order valence-electron chi connectivity index (χ1n) is 7.28. The first kappa shape index (κ1) is 16.2. The SMILES string of the molecule is Cc1ccc(S(=O)(=O)N2CC[C@@H](Br)C(=O)c3ccccc32)cc1. The van der Waals surface area contributed by atoms with Gasteiger partial charge in [-0.05, 0) is 37.6 Å². The summed E-state index contributed by atoms with van der Waals surface area (Å²) in [7, 11) is -3.70. The molecule has 0 fully saturated rings. The number of Topliss-reactive ketones (excluding diaryl/α,β-unsaturated/α-hetero) is 1. The van der Waals surface area contributed by atoms with Gasteiger partial charge in [-0.3, -0.25) is 9.10 Å². The number of ketones is 1. The highest BCUT2D eigenvalue weighted by Crippen LogP contribution is 2.33. The van der Waals surface area contributed by atoms with Gasteiger partial charge in [-0.2, -0.15) is 0 Å². The molecular weight excluding hydrogens is 378 g/mol. The molecule has 0 unspecified atom stereocenters. The van der Waals surface area contributed by atoms with Crippen LogP contribution in [0.15, 0.2) is 53.4 Å². The Morgan fingerprint density at radius 3 is 2.43 bits per heavy atom. The van der Waals surface area contributed by atoms with Gasteiger partial charge in [0.2, 0.25) is 0 Å². The lowest BCUT2D eigenvalue weighted by molar-refractivity contribution is 0.0992. The molecule has 23 heavy (non-hydrogen) atoms. The van der Waals surface area contributed by atoms with Gasteiger partial charge in [0.05, 0.1) is 15.4 Å². The third-order valence-corrected chi connectivity index (χ3v) is 6.62. The number of rotatable bonds is 2. The van der Waals surface area contributed by atoms with Crippen LogP contribution in [-0.2, 0) is 10.0 Å². The Bertz CT molecular complexity index is 846. The Morgan fingerprint density at radius 1 is 1.09 bits per heavy atom. The number of carbonyl (C=O) groups is 1. The Kier molecular flexibility index (Phi) is 4.29. The maximum atomic E-state index is 13.0. The van der Waals surface area contributed by atoms with Gasteiger partial charge < -0.3 is 0 Å². The molecule has 120 valence electrons. The largest absolute Gasteiger partial charge is 0.293 e. The summed E-state index contributed by atoms with van der Waals surface area (Å²) in [6.45, 7) is 2.17. The molecule has 0 saturated heterocycles. The number of fused-ring (bicyclic) bond motifs is 1. The molecule has 2 aromatic rings. The minimum absolute atomic E-state index is 0.0813. The highest BCUT2D eigenvalue weighted by molar-refractivity contribution is 9.10. The summed E-state index contributed by atoms with van der Waals surface area (Å²) in [6, 6.07) is 13.6. The van der Waals surface area contributed by atoms with E-state index < -0.39 is 10.0 Å². The molecule has 2 aromatic carbocycles. The van der Waals surface area contributed by atoms with Crippen LogP contribution in [0.4, 0.5) is 5.69 Å². The Balaban J connectivity index is 2.13. The average Bonchev–Trinajstić information content (AvgIpc) is 2.66. The van der Waals surface area contributed by atoms with Gasteiger partial charge in [0.15, 0.2) is 5.78 Å². The van der Waals surface area contributed by atoms with E-state index in [1.807, 2.05) is 6.92 Å². The zero-order valence-corrected chi connectivity index (χ0v) is 15.0. The molecule has 0 N–H and O–H groups in total. The van der Waals surface area contributed by atoms with Gasteiger partial charge in [-0.1, -0.05) is 45.8 Å². The molecule has 1 heterocycles. The first-order valence-corrected chi connectivity index (χ1v) is 9.63. The Hall–Kier alpha value is -1.66. The smallest absolute Gasteiger partial charge is 0.264 e. The van der Waals surface area contributed by atoms with Gasteiger partial charge in [-0.15, -0.1) is 0 Å². The first-order chi connectivity index (χ1) is 10.9. The summed E-state index contributed by atoms with van der Waals surface area (Å²) in [4.78, 5) is 12.3. The van der Waals surface area contributed by atoms with Gasteiger partial charge in [0, 0.05) is 12.1 Å². The van der Waals surface area contributed by atoms with Crippen LogP contribution in [0.5, 0.6) is 0 Å². The molecule has 0 radical (unpaired) electrons. The molecule has 6 heteroatoms. The summed E-state index contributed by atoms with van der Waals surface area (Å²) >= 11 is 3.36. The molecule has 1 aliphatic rings. The number of nitrogens with zero attached hydrogens (tertiary/aromatic N) is 1. The van der Waals surface area contributed by atoms with Crippen LogP contribution in [0, 0.1) is 6.92 Å². The van der Waals surface area contributed by atoms with Crippen LogP contribution in [0.2, 0.25) is 0 Å². The van der Waals surface area contributed by atoms with E-state index in [-0.39, 0.29) is 22.1 Å². The second-order valence-corrected chi connectivity index (χ2v) is 8.50. The summed E-state index contributed by atoms with van der Waals surface area (Å²) in [5.41, 5.74) is 1.87. The normalized spacial score (nSPS) is 18.4. The predicted octanol–water partition coefficient (Wildman–Crippen LogP) is 3.54. The summed E-state index contributed by atoms with van der Waals surface area (Å²) in [5, 5.41) is 0. The molecule has 0 aliphatic carbocycles. The zero-order valence-electron chi connectivity index (χ0n) is 12.6. The third kappa shape index (κ3) is 2.93. The number of hydrogen-bond acceptors (Lipinski definition) is 3.